The number of nitrogens with zero attached hydrogens (tertiary/aromatic N) is 1. The van der Waals surface area contributed by atoms with E-state index in [0.29, 0.717) is 13.0 Å². The highest BCUT2D eigenvalue weighted by Gasteiger charge is 2.42. The number of imide groups is 1. The molecule has 2 fully saturated rings. The highest BCUT2D eigenvalue weighted by atomic mass is 16.6. The summed E-state index contributed by atoms with van der Waals surface area (Å²) in [6.45, 7) is 0.179. The molecule has 2 aliphatic heterocycles. The number of rotatable bonds is 2. The molecule has 0 aliphatic carbocycles. The van der Waals surface area contributed by atoms with Gasteiger partial charge in [-0.3, -0.25) is 9.59 Å². The first kappa shape index (κ1) is 10.9. The molecule has 2 saturated heterocycles. The van der Waals surface area contributed by atoms with Crippen molar-refractivity contribution >= 4 is 18.0 Å². The monoisotopic (exact) mass is 228 g/mol. The average Bonchev–Trinajstić information content (AvgIpc) is 2.85. The van der Waals surface area contributed by atoms with Crippen LogP contribution in [0.25, 0.3) is 0 Å². The Morgan fingerprint density at radius 1 is 1.56 bits per heavy atom. The number of carbonyl (C=O) groups excluding carboxylic acids is 3. The van der Waals surface area contributed by atoms with Gasteiger partial charge in [0, 0.05) is 6.54 Å². The van der Waals surface area contributed by atoms with Gasteiger partial charge in [-0.05, 0) is 6.42 Å². The molecule has 2 atom stereocenters. The zero-order valence-electron chi connectivity index (χ0n) is 8.76. The van der Waals surface area contributed by atoms with Gasteiger partial charge in [0.2, 0.25) is 0 Å². The third-order valence-corrected chi connectivity index (χ3v) is 2.74. The predicted molar refractivity (Wildman–Crippen MR) is 50.4 cm³/mol. The van der Waals surface area contributed by atoms with Crippen molar-refractivity contribution in [3.8, 4) is 0 Å². The van der Waals surface area contributed by atoms with Gasteiger partial charge < -0.3 is 14.8 Å². The minimum atomic E-state index is -0.637. The van der Waals surface area contributed by atoms with Gasteiger partial charge in [0.05, 0.1) is 13.2 Å². The van der Waals surface area contributed by atoms with Gasteiger partial charge in [0.25, 0.3) is 5.91 Å². The predicted octanol–water partition coefficient (Wildman–Crippen LogP) is -1.13. The van der Waals surface area contributed by atoms with Gasteiger partial charge in [-0.2, -0.15) is 0 Å². The first-order chi connectivity index (χ1) is 7.63. The molecule has 2 aliphatic rings. The summed E-state index contributed by atoms with van der Waals surface area (Å²) in [6.07, 6.45) is -0.268. The fourth-order valence-corrected chi connectivity index (χ4v) is 1.95. The number of esters is 1. The normalized spacial score (nSPS) is 29.4. The second kappa shape index (κ2) is 4.09. The topological polar surface area (TPSA) is 84.9 Å². The van der Waals surface area contributed by atoms with Crippen LogP contribution in [0.2, 0.25) is 0 Å². The SMILES string of the molecule is COC(=O)C1CC(N2C(=O)COC2=O)CN1. The smallest absolute Gasteiger partial charge is 0.417 e. The third-order valence-electron chi connectivity index (χ3n) is 2.74. The summed E-state index contributed by atoms with van der Waals surface area (Å²) in [6, 6.07) is -0.789. The molecule has 7 nitrogen and oxygen atoms in total. The molecule has 2 amide bonds. The molecular weight excluding hydrogens is 216 g/mol. The largest absolute Gasteiger partial charge is 0.468 e. The summed E-state index contributed by atoms with van der Waals surface area (Å²) < 4.78 is 9.18. The molecule has 0 aromatic rings. The van der Waals surface area contributed by atoms with Crippen LogP contribution in [0, 0.1) is 0 Å². The molecule has 2 unspecified atom stereocenters. The Kier molecular flexibility index (Phi) is 2.78. The Labute approximate surface area is 91.7 Å². The number of hydrogen-bond donors (Lipinski definition) is 1. The van der Waals surface area contributed by atoms with Crippen LogP contribution < -0.4 is 5.32 Å². The lowest BCUT2D eigenvalue weighted by Gasteiger charge is -2.17. The molecule has 0 saturated carbocycles. The molecule has 2 heterocycles. The van der Waals surface area contributed by atoms with Gasteiger partial charge in [-0.25, -0.2) is 9.69 Å². The first-order valence-corrected chi connectivity index (χ1v) is 4.93. The molecule has 0 radical (unpaired) electrons. The molecule has 1 N–H and O–H groups in total. The second-order valence-corrected chi connectivity index (χ2v) is 3.69. The molecule has 0 spiro atoms. The molecule has 0 aromatic carbocycles. The number of amides is 2. The van der Waals surface area contributed by atoms with Crippen molar-refractivity contribution < 1.29 is 23.9 Å². The van der Waals surface area contributed by atoms with Crippen LogP contribution in [-0.2, 0) is 19.1 Å². The fourth-order valence-electron chi connectivity index (χ4n) is 1.95. The maximum Gasteiger partial charge on any atom is 0.417 e. The van der Waals surface area contributed by atoms with Gasteiger partial charge in [-0.15, -0.1) is 0 Å². The summed E-state index contributed by atoms with van der Waals surface area (Å²) in [5.41, 5.74) is 0. The lowest BCUT2D eigenvalue weighted by molar-refractivity contribution is -0.143. The quantitative estimate of drug-likeness (QED) is 0.602. The number of methoxy groups -OCH3 is 1. The van der Waals surface area contributed by atoms with Crippen molar-refractivity contribution in [3.63, 3.8) is 0 Å². The lowest BCUT2D eigenvalue weighted by Crippen LogP contribution is -2.40. The van der Waals surface area contributed by atoms with E-state index in [4.69, 9.17) is 0 Å². The zero-order valence-corrected chi connectivity index (χ0v) is 8.76. The Bertz CT molecular complexity index is 327. The molecule has 0 aromatic heterocycles. The maximum atomic E-state index is 11.4. The minimum absolute atomic E-state index is 0.210. The van der Waals surface area contributed by atoms with Crippen molar-refractivity contribution in [1.82, 2.24) is 10.2 Å². The average molecular weight is 228 g/mol. The summed E-state index contributed by atoms with van der Waals surface area (Å²) in [5.74, 6) is -0.746. The molecule has 16 heavy (non-hydrogen) atoms. The van der Waals surface area contributed by atoms with Crippen molar-refractivity contribution in [2.45, 2.75) is 18.5 Å². The maximum absolute atomic E-state index is 11.4. The van der Waals surface area contributed by atoms with Crippen molar-refractivity contribution in [2.75, 3.05) is 20.3 Å². The van der Waals surface area contributed by atoms with Crippen LogP contribution in [0.1, 0.15) is 6.42 Å². The van der Waals surface area contributed by atoms with E-state index in [2.05, 4.69) is 14.8 Å². The van der Waals surface area contributed by atoms with Gasteiger partial charge in [-0.1, -0.05) is 0 Å². The first-order valence-electron chi connectivity index (χ1n) is 4.93. The molecular formula is C9H12N2O5. The van der Waals surface area contributed by atoms with E-state index >= 15 is 0 Å². The molecule has 2 rings (SSSR count). The standard InChI is InChI=1S/C9H12N2O5/c1-15-8(13)6-2-5(3-10-6)11-7(12)4-16-9(11)14/h5-6,10H,2-4H2,1H3. The summed E-state index contributed by atoms with van der Waals surface area (Å²) >= 11 is 0. The van der Waals surface area contributed by atoms with Gasteiger partial charge >= 0.3 is 12.1 Å². The van der Waals surface area contributed by atoms with Crippen LogP contribution in [-0.4, -0.2) is 55.2 Å². The molecule has 0 bridgehead atoms. The van der Waals surface area contributed by atoms with Crippen LogP contribution in [0.4, 0.5) is 4.79 Å². The number of ether oxygens (including phenoxy) is 2. The van der Waals surface area contributed by atoms with Crippen LogP contribution in [0.15, 0.2) is 0 Å². The van der Waals surface area contributed by atoms with Crippen LogP contribution >= 0.6 is 0 Å². The summed E-state index contributed by atoms with van der Waals surface area (Å²) in [4.78, 5) is 34.9. The summed E-state index contributed by atoms with van der Waals surface area (Å²) in [7, 11) is 1.30. The van der Waals surface area contributed by atoms with Crippen molar-refractivity contribution in [2.24, 2.45) is 0 Å². The van der Waals surface area contributed by atoms with Crippen LogP contribution in [0.5, 0.6) is 0 Å². The van der Waals surface area contributed by atoms with E-state index in [-0.39, 0.29) is 24.5 Å². The minimum Gasteiger partial charge on any atom is -0.468 e. The van der Waals surface area contributed by atoms with E-state index < -0.39 is 12.1 Å². The number of cyclic esters (lactones) is 1. The Morgan fingerprint density at radius 3 is 2.88 bits per heavy atom. The number of carbonyl (C=O) groups is 3. The van der Waals surface area contributed by atoms with Crippen LogP contribution in [0.3, 0.4) is 0 Å². The third kappa shape index (κ3) is 1.73. The highest BCUT2D eigenvalue weighted by Crippen LogP contribution is 2.19. The molecule has 7 heteroatoms. The van der Waals surface area contributed by atoms with Crippen molar-refractivity contribution in [1.29, 1.82) is 0 Å². The Hall–Kier alpha value is -1.63. The van der Waals surface area contributed by atoms with E-state index in [1.807, 2.05) is 0 Å². The van der Waals surface area contributed by atoms with Gasteiger partial charge in [0.1, 0.15) is 6.04 Å². The van der Waals surface area contributed by atoms with Gasteiger partial charge in [0.15, 0.2) is 6.61 Å². The Balaban J connectivity index is 2.00. The fraction of sp³-hybridized carbons (Fsp3) is 0.667. The summed E-state index contributed by atoms with van der Waals surface area (Å²) in [5, 5.41) is 2.90. The molecule has 88 valence electrons. The van der Waals surface area contributed by atoms with E-state index in [9.17, 15) is 14.4 Å². The zero-order chi connectivity index (χ0) is 11.7. The van der Waals surface area contributed by atoms with Crippen molar-refractivity contribution in [3.05, 3.63) is 0 Å². The lowest BCUT2D eigenvalue weighted by atomic mass is 10.1. The highest BCUT2D eigenvalue weighted by molar-refractivity contribution is 5.98. The van der Waals surface area contributed by atoms with E-state index in [0.717, 1.165) is 4.90 Å². The Morgan fingerprint density at radius 2 is 2.31 bits per heavy atom. The second-order valence-electron chi connectivity index (χ2n) is 3.69. The van der Waals surface area contributed by atoms with E-state index in [1.165, 1.54) is 7.11 Å². The van der Waals surface area contributed by atoms with E-state index in [1.54, 1.807) is 0 Å². The number of nitrogens with one attached hydrogen (secondary N) is 1. The number of hydrogen-bond acceptors (Lipinski definition) is 6.